The van der Waals surface area contributed by atoms with E-state index in [9.17, 15) is 9.59 Å². The Morgan fingerprint density at radius 3 is 2.60 bits per heavy atom. The van der Waals surface area contributed by atoms with E-state index in [0.717, 1.165) is 22.1 Å². The van der Waals surface area contributed by atoms with Crippen LogP contribution in [0.25, 0.3) is 11.3 Å². The summed E-state index contributed by atoms with van der Waals surface area (Å²) in [5.74, 6) is -1.52. The van der Waals surface area contributed by atoms with Crippen LogP contribution in [0.2, 0.25) is 0 Å². The Hall–Kier alpha value is -3.79. The molecule has 0 aliphatic carbocycles. The van der Waals surface area contributed by atoms with Crippen LogP contribution in [-0.4, -0.2) is 36.4 Å². The molecule has 2 aromatic carbocycles. The van der Waals surface area contributed by atoms with Gasteiger partial charge in [0.15, 0.2) is 17.7 Å². The summed E-state index contributed by atoms with van der Waals surface area (Å²) >= 11 is 3.50. The van der Waals surface area contributed by atoms with Crippen LogP contribution in [-0.2, 0) is 25.5 Å². The largest absolute Gasteiger partial charge is 0.496 e. The van der Waals surface area contributed by atoms with Gasteiger partial charge in [-0.05, 0) is 42.3 Å². The topological polar surface area (TPSA) is 103 Å². The highest BCUT2D eigenvalue weighted by atomic mass is 79.9. The van der Waals surface area contributed by atoms with Crippen LogP contribution in [0.15, 0.2) is 69.3 Å². The Balaban J connectivity index is 1.60. The molecule has 180 valence electrons. The van der Waals surface area contributed by atoms with E-state index in [1.807, 2.05) is 23.1 Å². The molecule has 0 amide bonds. The molecule has 0 spiro atoms. The molecule has 1 aromatic heterocycles. The molecular formula is C25H22BrN3O6. The van der Waals surface area contributed by atoms with Gasteiger partial charge >= 0.3 is 11.9 Å². The summed E-state index contributed by atoms with van der Waals surface area (Å²) in [6.07, 6.45) is 3.67. The van der Waals surface area contributed by atoms with Gasteiger partial charge in [-0.2, -0.15) is 0 Å². The maximum Gasteiger partial charge on any atom is 0.352 e. The molecule has 1 fully saturated rings. The number of hydrogen-bond donors (Lipinski definition) is 1. The average molecular weight is 540 g/mol. The number of anilines is 2. The summed E-state index contributed by atoms with van der Waals surface area (Å²) in [6, 6.07) is 11.2. The van der Waals surface area contributed by atoms with Crippen LogP contribution in [0.1, 0.15) is 19.4 Å². The van der Waals surface area contributed by atoms with Gasteiger partial charge in [-0.15, -0.1) is 0 Å². The van der Waals surface area contributed by atoms with Gasteiger partial charge in [0.2, 0.25) is 0 Å². The molecule has 35 heavy (non-hydrogen) atoms. The van der Waals surface area contributed by atoms with Gasteiger partial charge in [-0.1, -0.05) is 15.9 Å². The van der Waals surface area contributed by atoms with E-state index in [0.29, 0.717) is 29.3 Å². The second-order valence-electron chi connectivity index (χ2n) is 8.48. The van der Waals surface area contributed by atoms with Crippen molar-refractivity contribution in [2.24, 2.45) is 0 Å². The molecule has 0 atom stereocenters. The fraction of sp³-hybridized carbons (Fsp3) is 0.240. The Morgan fingerprint density at radius 2 is 1.91 bits per heavy atom. The number of carbonyl (C=O) groups excluding carboxylic acids is 2. The lowest BCUT2D eigenvalue weighted by Crippen LogP contribution is -2.44. The zero-order valence-corrected chi connectivity index (χ0v) is 20.8. The highest BCUT2D eigenvalue weighted by molar-refractivity contribution is 9.10. The predicted molar refractivity (Wildman–Crippen MR) is 131 cm³/mol. The van der Waals surface area contributed by atoms with Crippen molar-refractivity contribution in [3.05, 3.63) is 70.4 Å². The van der Waals surface area contributed by atoms with Crippen molar-refractivity contribution < 1.29 is 28.2 Å². The maximum atomic E-state index is 13.0. The number of nitrogens with one attached hydrogen (secondary N) is 1. The lowest BCUT2D eigenvalue weighted by molar-refractivity contribution is -0.222. The number of hydrogen-bond acceptors (Lipinski definition) is 9. The van der Waals surface area contributed by atoms with E-state index in [4.69, 9.17) is 18.6 Å². The van der Waals surface area contributed by atoms with Gasteiger partial charge in [0.25, 0.3) is 5.79 Å². The van der Waals surface area contributed by atoms with Crippen molar-refractivity contribution in [2.75, 3.05) is 23.9 Å². The van der Waals surface area contributed by atoms with Crippen LogP contribution >= 0.6 is 15.9 Å². The van der Waals surface area contributed by atoms with Crippen molar-refractivity contribution in [1.29, 1.82) is 0 Å². The van der Waals surface area contributed by atoms with Gasteiger partial charge in [0, 0.05) is 42.3 Å². The molecule has 2 aliphatic heterocycles. The fourth-order valence-electron chi connectivity index (χ4n) is 4.17. The van der Waals surface area contributed by atoms with E-state index in [1.165, 1.54) is 20.2 Å². The third-order valence-corrected chi connectivity index (χ3v) is 6.18. The maximum absolute atomic E-state index is 13.0. The average Bonchev–Trinajstić information content (AvgIpc) is 3.47. The van der Waals surface area contributed by atoms with Crippen molar-refractivity contribution >= 4 is 39.2 Å². The molecular weight excluding hydrogens is 518 g/mol. The first-order valence-corrected chi connectivity index (χ1v) is 11.7. The number of methoxy groups -OCH3 is 1. The Morgan fingerprint density at radius 1 is 1.14 bits per heavy atom. The molecule has 0 saturated carbocycles. The quantitative estimate of drug-likeness (QED) is 0.282. The standard InChI is InChI=1S/C25H22BrN3O6/c1-25(2)34-23(30)21(24(31)35-25)22(29-9-8-14-10-15(26)4-7-18(14)29)28-16-5-6-17(19(11-16)32-3)20-12-27-13-33-20/h4-7,10-13,28H,8-9H2,1-3H3. The number of esters is 2. The van der Waals surface area contributed by atoms with Gasteiger partial charge in [0.1, 0.15) is 11.6 Å². The minimum absolute atomic E-state index is 0.210. The van der Waals surface area contributed by atoms with Crippen LogP contribution in [0.5, 0.6) is 5.75 Å². The minimum atomic E-state index is -1.35. The minimum Gasteiger partial charge on any atom is -0.496 e. The molecule has 0 unspecified atom stereocenters. The Bertz CT molecular complexity index is 1330. The third kappa shape index (κ3) is 4.37. The first-order chi connectivity index (χ1) is 16.8. The van der Waals surface area contributed by atoms with Crippen molar-refractivity contribution in [3.63, 3.8) is 0 Å². The Kier molecular flexibility index (Phi) is 5.76. The number of halogens is 1. The second-order valence-corrected chi connectivity index (χ2v) is 9.40. The van der Waals surface area contributed by atoms with Gasteiger partial charge in [-0.3, -0.25) is 0 Å². The molecule has 5 rings (SSSR count). The zero-order chi connectivity index (χ0) is 24.7. The summed E-state index contributed by atoms with van der Waals surface area (Å²) in [7, 11) is 1.55. The lowest BCUT2D eigenvalue weighted by atomic mass is 10.1. The number of benzene rings is 2. The van der Waals surface area contributed by atoms with Crippen LogP contribution in [0.3, 0.4) is 0 Å². The SMILES string of the molecule is COc1cc(NC(=C2C(=O)OC(C)(C)OC2=O)N2CCc3cc(Br)ccc32)ccc1-c1cnco1. The van der Waals surface area contributed by atoms with Gasteiger partial charge in [-0.25, -0.2) is 14.6 Å². The molecule has 0 radical (unpaired) electrons. The summed E-state index contributed by atoms with van der Waals surface area (Å²) in [5, 5.41) is 3.25. The molecule has 10 heteroatoms. The first-order valence-electron chi connectivity index (χ1n) is 10.9. The van der Waals surface area contributed by atoms with E-state index in [2.05, 4.69) is 26.2 Å². The molecule has 0 bridgehead atoms. The number of carbonyl (C=O) groups is 2. The van der Waals surface area contributed by atoms with Crippen LogP contribution < -0.4 is 15.0 Å². The molecule has 1 saturated heterocycles. The van der Waals surface area contributed by atoms with Crippen molar-refractivity contribution in [1.82, 2.24) is 4.98 Å². The lowest BCUT2D eigenvalue weighted by Gasteiger charge is -2.33. The molecule has 3 heterocycles. The molecule has 9 nitrogen and oxygen atoms in total. The monoisotopic (exact) mass is 539 g/mol. The number of nitrogens with zero attached hydrogens (tertiary/aromatic N) is 2. The summed E-state index contributed by atoms with van der Waals surface area (Å²) < 4.78 is 22.7. The second kappa shape index (κ2) is 8.77. The molecule has 2 aliphatic rings. The van der Waals surface area contributed by atoms with E-state index < -0.39 is 17.7 Å². The smallest absolute Gasteiger partial charge is 0.352 e. The third-order valence-electron chi connectivity index (χ3n) is 5.69. The zero-order valence-electron chi connectivity index (χ0n) is 19.3. The van der Waals surface area contributed by atoms with Crippen LogP contribution in [0.4, 0.5) is 11.4 Å². The van der Waals surface area contributed by atoms with Crippen molar-refractivity contribution in [3.8, 4) is 17.1 Å². The molecule has 3 aromatic rings. The first kappa shape index (κ1) is 23.0. The van der Waals surface area contributed by atoms with Gasteiger partial charge in [0.05, 0.1) is 18.9 Å². The number of rotatable bonds is 5. The highest BCUT2D eigenvalue weighted by Gasteiger charge is 2.43. The van der Waals surface area contributed by atoms with Gasteiger partial charge < -0.3 is 28.8 Å². The van der Waals surface area contributed by atoms with Crippen molar-refractivity contribution in [2.45, 2.75) is 26.1 Å². The predicted octanol–water partition coefficient (Wildman–Crippen LogP) is 4.64. The number of fused-ring (bicyclic) bond motifs is 1. The van der Waals surface area contributed by atoms with E-state index >= 15 is 0 Å². The van der Waals surface area contributed by atoms with E-state index in [-0.39, 0.29) is 11.4 Å². The summed E-state index contributed by atoms with van der Waals surface area (Å²) in [4.78, 5) is 31.9. The number of cyclic esters (lactones) is 2. The highest BCUT2D eigenvalue weighted by Crippen LogP contribution is 2.38. The summed E-state index contributed by atoms with van der Waals surface area (Å²) in [6.45, 7) is 3.58. The van der Waals surface area contributed by atoms with E-state index in [1.54, 1.807) is 31.5 Å². The number of oxazole rings is 1. The normalized spacial score (nSPS) is 16.5. The Labute approximate surface area is 209 Å². The fourth-order valence-corrected chi connectivity index (χ4v) is 4.58. The summed E-state index contributed by atoms with van der Waals surface area (Å²) in [5.41, 5.74) is 3.04. The molecule has 1 N–H and O–H groups in total. The number of ether oxygens (including phenoxy) is 3. The number of aromatic nitrogens is 1. The van der Waals surface area contributed by atoms with Crippen LogP contribution in [0, 0.1) is 0 Å².